The molecule has 0 bridgehead atoms. The molecule has 0 aliphatic heterocycles. The summed E-state index contributed by atoms with van der Waals surface area (Å²) in [5.74, 6) is -0.934. The van der Waals surface area contributed by atoms with Crippen LogP contribution in [-0.2, 0) is 10.0 Å². The highest BCUT2D eigenvalue weighted by atomic mass is 32.2. The van der Waals surface area contributed by atoms with Crippen molar-refractivity contribution in [3.8, 4) is 0 Å². The van der Waals surface area contributed by atoms with Crippen molar-refractivity contribution < 1.29 is 17.6 Å². The van der Waals surface area contributed by atoms with Gasteiger partial charge in [0.05, 0.1) is 4.90 Å². The average molecular weight is 336 g/mol. The molecule has 5 nitrogen and oxygen atoms in total. The Hall–Kier alpha value is -2.25. The van der Waals surface area contributed by atoms with Gasteiger partial charge in [-0.15, -0.1) is 0 Å². The summed E-state index contributed by atoms with van der Waals surface area (Å²) in [5.41, 5.74) is 0.954. The van der Waals surface area contributed by atoms with E-state index in [-0.39, 0.29) is 10.5 Å². The first-order valence-electron chi connectivity index (χ1n) is 6.82. The lowest BCUT2D eigenvalue weighted by Gasteiger charge is -2.12. The molecule has 1 amide bonds. The van der Waals surface area contributed by atoms with Crippen LogP contribution in [0.4, 0.5) is 10.1 Å². The number of rotatable bonds is 4. The van der Waals surface area contributed by atoms with Gasteiger partial charge in [0.1, 0.15) is 5.82 Å². The molecule has 0 saturated carbocycles. The van der Waals surface area contributed by atoms with Crippen molar-refractivity contribution in [1.29, 1.82) is 0 Å². The summed E-state index contributed by atoms with van der Waals surface area (Å²) in [7, 11) is -0.797. The van der Waals surface area contributed by atoms with E-state index in [1.807, 2.05) is 0 Å². The SMILES string of the molecule is Cc1ccc(NC(=O)c2cccc(S(=O)(=O)N(C)C)c2)cc1F. The fourth-order valence-electron chi connectivity index (χ4n) is 1.88. The third-order valence-electron chi connectivity index (χ3n) is 3.30. The van der Waals surface area contributed by atoms with Crippen LogP contribution in [0.25, 0.3) is 0 Å². The number of halogens is 1. The van der Waals surface area contributed by atoms with E-state index in [2.05, 4.69) is 5.32 Å². The second kappa shape index (κ2) is 6.47. The zero-order chi connectivity index (χ0) is 17.2. The minimum absolute atomic E-state index is 0.0187. The number of carbonyl (C=O) groups excluding carboxylic acids is 1. The van der Waals surface area contributed by atoms with Gasteiger partial charge in [0.15, 0.2) is 0 Å². The number of carbonyl (C=O) groups is 1. The van der Waals surface area contributed by atoms with Gasteiger partial charge in [0.25, 0.3) is 5.91 Å². The molecule has 2 aromatic rings. The maximum Gasteiger partial charge on any atom is 0.255 e. The Morgan fingerprint density at radius 1 is 1.13 bits per heavy atom. The quantitative estimate of drug-likeness (QED) is 0.933. The monoisotopic (exact) mass is 336 g/mol. The van der Waals surface area contributed by atoms with Crippen LogP contribution in [0.1, 0.15) is 15.9 Å². The number of benzene rings is 2. The highest BCUT2D eigenvalue weighted by Gasteiger charge is 2.18. The van der Waals surface area contributed by atoms with Crippen molar-refractivity contribution >= 4 is 21.6 Å². The smallest absolute Gasteiger partial charge is 0.255 e. The van der Waals surface area contributed by atoms with Crippen LogP contribution in [0.15, 0.2) is 47.4 Å². The first kappa shape index (κ1) is 17.1. The van der Waals surface area contributed by atoms with Crippen molar-refractivity contribution in [3.63, 3.8) is 0 Å². The van der Waals surface area contributed by atoms with Crippen LogP contribution >= 0.6 is 0 Å². The lowest BCUT2D eigenvalue weighted by molar-refractivity contribution is 0.102. The van der Waals surface area contributed by atoms with Crippen LogP contribution in [0.5, 0.6) is 0 Å². The molecule has 0 aromatic heterocycles. The van der Waals surface area contributed by atoms with Crippen molar-refractivity contribution in [1.82, 2.24) is 4.31 Å². The van der Waals surface area contributed by atoms with E-state index in [9.17, 15) is 17.6 Å². The minimum Gasteiger partial charge on any atom is -0.322 e. The highest BCUT2D eigenvalue weighted by Crippen LogP contribution is 2.18. The molecule has 122 valence electrons. The second-order valence-corrected chi connectivity index (χ2v) is 7.39. The maximum absolute atomic E-state index is 13.5. The van der Waals surface area contributed by atoms with Crippen molar-refractivity contribution in [3.05, 3.63) is 59.4 Å². The van der Waals surface area contributed by atoms with Gasteiger partial charge in [-0.1, -0.05) is 12.1 Å². The molecule has 7 heteroatoms. The molecule has 23 heavy (non-hydrogen) atoms. The molecule has 0 aliphatic rings. The maximum atomic E-state index is 13.5. The Morgan fingerprint density at radius 3 is 2.43 bits per heavy atom. The van der Waals surface area contributed by atoms with Crippen molar-refractivity contribution in [2.45, 2.75) is 11.8 Å². The topological polar surface area (TPSA) is 66.5 Å². The molecule has 2 rings (SSSR count). The number of hydrogen-bond acceptors (Lipinski definition) is 3. The average Bonchev–Trinajstić information content (AvgIpc) is 2.51. The summed E-state index contributed by atoms with van der Waals surface area (Å²) in [6.45, 7) is 1.62. The van der Waals surface area contributed by atoms with E-state index < -0.39 is 21.7 Å². The number of sulfonamides is 1. The third-order valence-corrected chi connectivity index (χ3v) is 5.12. The van der Waals surface area contributed by atoms with Gasteiger partial charge in [0, 0.05) is 25.3 Å². The van der Waals surface area contributed by atoms with Crippen molar-refractivity contribution in [2.75, 3.05) is 19.4 Å². The van der Waals surface area contributed by atoms with Gasteiger partial charge in [-0.25, -0.2) is 17.1 Å². The number of nitrogens with zero attached hydrogens (tertiary/aromatic N) is 1. The summed E-state index contributed by atoms with van der Waals surface area (Å²) < 4.78 is 38.8. The molecule has 0 saturated heterocycles. The number of hydrogen-bond donors (Lipinski definition) is 1. The number of nitrogens with one attached hydrogen (secondary N) is 1. The van der Waals surface area contributed by atoms with Crippen molar-refractivity contribution in [2.24, 2.45) is 0 Å². The third kappa shape index (κ3) is 3.75. The highest BCUT2D eigenvalue weighted by molar-refractivity contribution is 7.89. The molecule has 0 spiro atoms. The molecular formula is C16H17FN2O3S. The summed E-state index contributed by atoms with van der Waals surface area (Å²) in [4.78, 5) is 12.2. The molecule has 0 aliphatic carbocycles. The zero-order valence-electron chi connectivity index (χ0n) is 13.0. The predicted octanol–water partition coefficient (Wildman–Crippen LogP) is 2.64. The first-order chi connectivity index (χ1) is 10.7. The van der Waals surface area contributed by atoms with E-state index in [0.29, 0.717) is 11.3 Å². The zero-order valence-corrected chi connectivity index (χ0v) is 13.8. The summed E-state index contributed by atoms with van der Waals surface area (Å²) in [6.07, 6.45) is 0. The van der Waals surface area contributed by atoms with Gasteiger partial charge in [-0.3, -0.25) is 4.79 Å². The molecule has 0 unspecified atom stereocenters. The van der Waals surface area contributed by atoms with E-state index in [0.717, 1.165) is 4.31 Å². The first-order valence-corrected chi connectivity index (χ1v) is 8.26. The van der Waals surface area contributed by atoms with Gasteiger partial charge >= 0.3 is 0 Å². The predicted molar refractivity (Wildman–Crippen MR) is 86.4 cm³/mol. The molecule has 2 aromatic carbocycles. The van der Waals surface area contributed by atoms with Crippen LogP contribution in [0.3, 0.4) is 0 Å². The van der Waals surface area contributed by atoms with Crippen LogP contribution in [0.2, 0.25) is 0 Å². The van der Waals surface area contributed by atoms with E-state index in [1.54, 1.807) is 19.1 Å². The minimum atomic E-state index is -3.62. The molecule has 0 radical (unpaired) electrons. The Labute approximate surface area is 134 Å². The Balaban J connectivity index is 2.28. The fourth-order valence-corrected chi connectivity index (χ4v) is 2.83. The number of anilines is 1. The Morgan fingerprint density at radius 2 is 1.83 bits per heavy atom. The normalized spacial score (nSPS) is 11.5. The Kier molecular flexibility index (Phi) is 4.82. The van der Waals surface area contributed by atoms with Crippen LogP contribution in [-0.4, -0.2) is 32.7 Å². The van der Waals surface area contributed by atoms with Gasteiger partial charge in [-0.05, 0) is 42.8 Å². The van der Waals surface area contributed by atoms with E-state index in [1.165, 1.54) is 44.4 Å². The fraction of sp³-hybridized carbons (Fsp3) is 0.188. The number of aryl methyl sites for hydroxylation is 1. The molecule has 0 heterocycles. The van der Waals surface area contributed by atoms with Gasteiger partial charge in [0.2, 0.25) is 10.0 Å². The summed E-state index contributed by atoms with van der Waals surface area (Å²) in [6, 6.07) is 10.0. The van der Waals surface area contributed by atoms with Gasteiger partial charge < -0.3 is 5.32 Å². The van der Waals surface area contributed by atoms with Crippen LogP contribution in [0, 0.1) is 12.7 Å². The summed E-state index contributed by atoms with van der Waals surface area (Å²) >= 11 is 0. The van der Waals surface area contributed by atoms with Crippen LogP contribution < -0.4 is 5.32 Å². The molecule has 1 N–H and O–H groups in total. The molecule has 0 fully saturated rings. The largest absolute Gasteiger partial charge is 0.322 e. The lowest BCUT2D eigenvalue weighted by atomic mass is 10.2. The number of amides is 1. The van der Waals surface area contributed by atoms with E-state index >= 15 is 0 Å². The van der Waals surface area contributed by atoms with Gasteiger partial charge in [-0.2, -0.15) is 0 Å². The lowest BCUT2D eigenvalue weighted by Crippen LogP contribution is -2.22. The van der Waals surface area contributed by atoms with E-state index in [4.69, 9.17) is 0 Å². The molecule has 0 atom stereocenters. The Bertz CT molecular complexity index is 848. The summed E-state index contributed by atoms with van der Waals surface area (Å²) in [5, 5.41) is 2.55. The second-order valence-electron chi connectivity index (χ2n) is 5.23. The standard InChI is InChI=1S/C16H17FN2O3S/c1-11-7-8-13(10-15(11)17)18-16(20)12-5-4-6-14(9-12)23(21,22)19(2)3/h4-10H,1-3H3,(H,18,20). The molecular weight excluding hydrogens is 319 g/mol.